The van der Waals surface area contributed by atoms with Crippen molar-refractivity contribution in [1.82, 2.24) is 20.1 Å². The van der Waals surface area contributed by atoms with E-state index in [0.717, 1.165) is 28.7 Å². The summed E-state index contributed by atoms with van der Waals surface area (Å²) in [6.45, 7) is 7.23. The number of hydrogen-bond acceptors (Lipinski definition) is 3. The van der Waals surface area contributed by atoms with E-state index in [4.69, 9.17) is 0 Å². The fourth-order valence-corrected chi connectivity index (χ4v) is 2.25. The Hall–Kier alpha value is -2.20. The van der Waals surface area contributed by atoms with Gasteiger partial charge in [-0.2, -0.15) is 5.10 Å². The van der Waals surface area contributed by atoms with Crippen LogP contribution in [0, 0.1) is 0 Å². The molecular weight excluding hydrogens is 260 g/mol. The summed E-state index contributed by atoms with van der Waals surface area (Å²) < 4.78 is 1.93. The Kier molecular flexibility index (Phi) is 3.47. The van der Waals surface area contributed by atoms with Crippen LogP contribution in [0.15, 0.2) is 48.9 Å². The van der Waals surface area contributed by atoms with Gasteiger partial charge in [-0.3, -0.25) is 4.98 Å². The minimum Gasteiger partial charge on any atom is -0.306 e. The fourth-order valence-electron chi connectivity index (χ4n) is 2.25. The first-order valence-electron chi connectivity index (χ1n) is 7.16. The molecule has 4 nitrogen and oxygen atoms in total. The maximum Gasteiger partial charge on any atom is 0.0767 e. The lowest BCUT2D eigenvalue weighted by Gasteiger charge is -2.19. The summed E-state index contributed by atoms with van der Waals surface area (Å²) in [4.78, 5) is 4.17. The van der Waals surface area contributed by atoms with Gasteiger partial charge in [0, 0.05) is 41.4 Å². The van der Waals surface area contributed by atoms with Gasteiger partial charge in [-0.1, -0.05) is 12.1 Å². The molecule has 0 spiro atoms. The molecule has 0 saturated carbocycles. The maximum atomic E-state index is 4.67. The van der Waals surface area contributed by atoms with Crippen molar-refractivity contribution in [3.63, 3.8) is 0 Å². The molecule has 0 atom stereocenters. The number of pyridine rings is 1. The molecule has 2 aromatic heterocycles. The summed E-state index contributed by atoms with van der Waals surface area (Å²) in [7, 11) is 0. The second-order valence-corrected chi connectivity index (χ2v) is 6.23. The molecule has 0 radical (unpaired) electrons. The third-order valence-corrected chi connectivity index (χ3v) is 3.35. The summed E-state index contributed by atoms with van der Waals surface area (Å²) in [5, 5.41) is 10.4. The summed E-state index contributed by atoms with van der Waals surface area (Å²) >= 11 is 0. The molecule has 0 bridgehead atoms. The van der Waals surface area contributed by atoms with Gasteiger partial charge in [0.25, 0.3) is 0 Å². The molecule has 4 heteroatoms. The van der Waals surface area contributed by atoms with Crippen molar-refractivity contribution in [3.05, 3.63) is 54.6 Å². The molecule has 0 amide bonds. The molecular formula is C17H20N4. The Morgan fingerprint density at radius 3 is 2.81 bits per heavy atom. The highest BCUT2D eigenvalue weighted by Crippen LogP contribution is 2.20. The van der Waals surface area contributed by atoms with Gasteiger partial charge >= 0.3 is 0 Å². The Bertz CT molecular complexity index is 747. The van der Waals surface area contributed by atoms with Crippen LogP contribution in [0.1, 0.15) is 26.5 Å². The molecule has 1 aromatic carbocycles. The zero-order valence-electron chi connectivity index (χ0n) is 12.7. The minimum absolute atomic E-state index is 0.0922. The molecule has 108 valence electrons. The molecule has 0 unspecified atom stereocenters. The zero-order chi connectivity index (χ0) is 14.9. The summed E-state index contributed by atoms with van der Waals surface area (Å²) in [5.41, 5.74) is 2.21. The molecule has 2 heterocycles. The Balaban J connectivity index is 1.92. The molecule has 0 saturated heterocycles. The average molecular weight is 280 g/mol. The van der Waals surface area contributed by atoms with E-state index < -0.39 is 0 Å². The minimum atomic E-state index is 0.0922. The van der Waals surface area contributed by atoms with E-state index in [1.807, 2.05) is 35.4 Å². The van der Waals surface area contributed by atoms with Crippen molar-refractivity contribution in [1.29, 1.82) is 0 Å². The summed E-state index contributed by atoms with van der Waals surface area (Å²) in [5.74, 6) is 0. The van der Waals surface area contributed by atoms with Crippen LogP contribution in [0.4, 0.5) is 0 Å². The zero-order valence-corrected chi connectivity index (χ0v) is 12.7. The van der Waals surface area contributed by atoms with Crippen LogP contribution in [0.25, 0.3) is 16.5 Å². The van der Waals surface area contributed by atoms with Crippen LogP contribution < -0.4 is 5.32 Å². The third-order valence-electron chi connectivity index (χ3n) is 3.35. The topological polar surface area (TPSA) is 42.7 Å². The lowest BCUT2D eigenvalue weighted by atomic mass is 10.1. The Morgan fingerprint density at radius 1 is 1.14 bits per heavy atom. The van der Waals surface area contributed by atoms with Gasteiger partial charge in [-0.15, -0.1) is 0 Å². The average Bonchev–Trinajstić information content (AvgIpc) is 2.92. The highest BCUT2D eigenvalue weighted by Gasteiger charge is 2.10. The monoisotopic (exact) mass is 280 g/mol. The van der Waals surface area contributed by atoms with Gasteiger partial charge in [0.05, 0.1) is 11.4 Å². The van der Waals surface area contributed by atoms with E-state index in [1.54, 1.807) is 0 Å². The number of aromatic nitrogens is 3. The van der Waals surface area contributed by atoms with Crippen LogP contribution >= 0.6 is 0 Å². The van der Waals surface area contributed by atoms with Gasteiger partial charge in [0.1, 0.15) is 0 Å². The molecule has 0 aliphatic heterocycles. The van der Waals surface area contributed by atoms with Gasteiger partial charge < -0.3 is 5.32 Å². The second-order valence-electron chi connectivity index (χ2n) is 6.23. The summed E-state index contributed by atoms with van der Waals surface area (Å²) in [6.07, 6.45) is 5.71. The third kappa shape index (κ3) is 3.11. The van der Waals surface area contributed by atoms with Crippen LogP contribution in [-0.2, 0) is 6.54 Å². The van der Waals surface area contributed by atoms with Gasteiger partial charge in [-0.05, 0) is 39.0 Å². The van der Waals surface area contributed by atoms with Crippen molar-refractivity contribution in [2.45, 2.75) is 32.9 Å². The number of nitrogens with one attached hydrogen (secondary N) is 1. The number of benzene rings is 1. The predicted octanol–water partition coefficient (Wildman–Crippen LogP) is 3.31. The Labute approximate surface area is 124 Å². The number of hydrogen-bond donors (Lipinski definition) is 1. The van der Waals surface area contributed by atoms with E-state index >= 15 is 0 Å². The van der Waals surface area contributed by atoms with E-state index in [-0.39, 0.29) is 5.54 Å². The van der Waals surface area contributed by atoms with E-state index in [0.29, 0.717) is 0 Å². The molecule has 0 aliphatic rings. The highest BCUT2D eigenvalue weighted by molar-refractivity contribution is 5.89. The lowest BCUT2D eigenvalue weighted by Crippen LogP contribution is -2.35. The quantitative estimate of drug-likeness (QED) is 0.800. The first kappa shape index (κ1) is 13.8. The maximum absolute atomic E-state index is 4.67. The van der Waals surface area contributed by atoms with Crippen molar-refractivity contribution in [2.24, 2.45) is 0 Å². The largest absolute Gasteiger partial charge is 0.306 e. The standard InChI is InChI=1S/C17H20N4/c1-17(2,3)19-12-14-8-10-21(20-14)16-6-4-5-13-11-18-9-7-15(13)16/h4-11,19H,12H2,1-3H3. The van der Waals surface area contributed by atoms with Crippen LogP contribution in [0.2, 0.25) is 0 Å². The number of nitrogens with zero attached hydrogens (tertiary/aromatic N) is 3. The van der Waals surface area contributed by atoms with Crippen molar-refractivity contribution >= 4 is 10.8 Å². The van der Waals surface area contributed by atoms with Gasteiger partial charge in [-0.25, -0.2) is 4.68 Å². The van der Waals surface area contributed by atoms with Crippen molar-refractivity contribution in [3.8, 4) is 5.69 Å². The van der Waals surface area contributed by atoms with E-state index in [1.165, 1.54) is 0 Å². The number of rotatable bonds is 3. The molecule has 3 rings (SSSR count). The van der Waals surface area contributed by atoms with Crippen molar-refractivity contribution in [2.75, 3.05) is 0 Å². The van der Waals surface area contributed by atoms with Crippen LogP contribution in [-0.4, -0.2) is 20.3 Å². The van der Waals surface area contributed by atoms with Crippen molar-refractivity contribution < 1.29 is 0 Å². The van der Waals surface area contributed by atoms with E-state index in [9.17, 15) is 0 Å². The molecule has 21 heavy (non-hydrogen) atoms. The smallest absolute Gasteiger partial charge is 0.0767 e. The highest BCUT2D eigenvalue weighted by atomic mass is 15.3. The molecule has 3 aromatic rings. The van der Waals surface area contributed by atoms with Crippen LogP contribution in [0.5, 0.6) is 0 Å². The van der Waals surface area contributed by atoms with Crippen LogP contribution in [0.3, 0.4) is 0 Å². The van der Waals surface area contributed by atoms with E-state index in [2.05, 4.69) is 54.4 Å². The Morgan fingerprint density at radius 2 is 2.00 bits per heavy atom. The van der Waals surface area contributed by atoms with Gasteiger partial charge in [0.15, 0.2) is 0 Å². The second kappa shape index (κ2) is 5.30. The molecule has 1 N–H and O–H groups in total. The summed E-state index contributed by atoms with van der Waals surface area (Å²) in [6, 6.07) is 10.3. The first-order chi connectivity index (χ1) is 10.0. The first-order valence-corrected chi connectivity index (χ1v) is 7.16. The molecule has 0 fully saturated rings. The predicted molar refractivity (Wildman–Crippen MR) is 85.5 cm³/mol. The SMILES string of the molecule is CC(C)(C)NCc1ccn(-c2cccc3cnccc23)n1. The fraction of sp³-hybridized carbons (Fsp3) is 0.294. The normalized spacial score (nSPS) is 12.0. The molecule has 0 aliphatic carbocycles. The lowest BCUT2D eigenvalue weighted by molar-refractivity contribution is 0.420. The van der Waals surface area contributed by atoms with Gasteiger partial charge in [0.2, 0.25) is 0 Å². The number of fused-ring (bicyclic) bond motifs is 1.